The predicted octanol–water partition coefficient (Wildman–Crippen LogP) is 1.95. The molecule has 0 unspecified atom stereocenters. The lowest BCUT2D eigenvalue weighted by atomic mass is 10.2. The zero-order valence-electron chi connectivity index (χ0n) is 10.6. The Labute approximate surface area is 119 Å². The number of halogens is 2. The fourth-order valence-electron chi connectivity index (χ4n) is 2.27. The molecule has 2 aromatic rings. The molecule has 0 bridgehead atoms. The summed E-state index contributed by atoms with van der Waals surface area (Å²) < 4.78 is 15.6. The van der Waals surface area contributed by atoms with Crippen molar-refractivity contribution in [2.75, 3.05) is 0 Å². The van der Waals surface area contributed by atoms with E-state index in [4.69, 9.17) is 11.6 Å². The van der Waals surface area contributed by atoms with Crippen molar-refractivity contribution in [1.82, 2.24) is 20.1 Å². The number of aromatic nitrogens is 3. The van der Waals surface area contributed by atoms with Crippen molar-refractivity contribution in [2.24, 2.45) is 0 Å². The Kier molecular flexibility index (Phi) is 3.40. The van der Waals surface area contributed by atoms with Crippen LogP contribution in [0.4, 0.5) is 4.39 Å². The Morgan fingerprint density at radius 3 is 3.10 bits per heavy atom. The summed E-state index contributed by atoms with van der Waals surface area (Å²) in [5.41, 5.74) is -0.0319. The van der Waals surface area contributed by atoms with Crippen molar-refractivity contribution < 1.29 is 9.18 Å². The van der Waals surface area contributed by atoms with Crippen LogP contribution in [0.3, 0.4) is 0 Å². The van der Waals surface area contributed by atoms with Crippen LogP contribution in [0.1, 0.15) is 28.4 Å². The van der Waals surface area contributed by atoms with Crippen LogP contribution in [0, 0.1) is 5.82 Å². The van der Waals surface area contributed by atoms with E-state index >= 15 is 0 Å². The normalized spacial score (nSPS) is 13.3. The van der Waals surface area contributed by atoms with Crippen LogP contribution in [0.15, 0.2) is 18.2 Å². The van der Waals surface area contributed by atoms with Gasteiger partial charge in [-0.3, -0.25) is 4.79 Å². The van der Waals surface area contributed by atoms with Crippen LogP contribution in [-0.2, 0) is 19.5 Å². The SMILES string of the molecule is O=C(NCc1nnc2n1CCC2)c1ccc(Cl)cc1F. The molecule has 1 N–H and O–H groups in total. The number of hydrogen-bond acceptors (Lipinski definition) is 3. The van der Waals surface area contributed by atoms with E-state index < -0.39 is 11.7 Å². The van der Waals surface area contributed by atoms with Gasteiger partial charge in [0.05, 0.1) is 12.1 Å². The molecule has 5 nitrogen and oxygen atoms in total. The number of aryl methyl sites for hydroxylation is 1. The minimum Gasteiger partial charge on any atom is -0.345 e. The van der Waals surface area contributed by atoms with E-state index in [1.807, 2.05) is 4.57 Å². The van der Waals surface area contributed by atoms with Gasteiger partial charge in [-0.2, -0.15) is 0 Å². The lowest BCUT2D eigenvalue weighted by Gasteiger charge is -2.06. The third kappa shape index (κ3) is 2.38. The number of rotatable bonds is 3. The molecular weight excluding hydrogens is 283 g/mol. The van der Waals surface area contributed by atoms with E-state index in [1.165, 1.54) is 12.1 Å². The van der Waals surface area contributed by atoms with Gasteiger partial charge in [-0.25, -0.2) is 4.39 Å². The number of nitrogens with one attached hydrogen (secondary N) is 1. The lowest BCUT2D eigenvalue weighted by Crippen LogP contribution is -2.25. The molecule has 0 spiro atoms. The molecule has 1 amide bonds. The number of benzene rings is 1. The highest BCUT2D eigenvalue weighted by molar-refractivity contribution is 6.30. The van der Waals surface area contributed by atoms with Gasteiger partial charge in [0.1, 0.15) is 11.6 Å². The van der Waals surface area contributed by atoms with Gasteiger partial charge in [0.15, 0.2) is 5.82 Å². The highest BCUT2D eigenvalue weighted by Crippen LogP contribution is 2.16. The van der Waals surface area contributed by atoms with Crippen molar-refractivity contribution >= 4 is 17.5 Å². The second-order valence-electron chi connectivity index (χ2n) is 4.59. The second-order valence-corrected chi connectivity index (χ2v) is 5.03. The van der Waals surface area contributed by atoms with Gasteiger partial charge in [-0.15, -0.1) is 10.2 Å². The molecule has 7 heteroatoms. The molecule has 0 fully saturated rings. The number of nitrogens with zero attached hydrogens (tertiary/aromatic N) is 3. The molecule has 3 rings (SSSR count). The molecule has 0 saturated heterocycles. The summed E-state index contributed by atoms with van der Waals surface area (Å²) in [4.78, 5) is 11.9. The first-order chi connectivity index (χ1) is 9.65. The Morgan fingerprint density at radius 2 is 2.30 bits per heavy atom. The van der Waals surface area contributed by atoms with Gasteiger partial charge < -0.3 is 9.88 Å². The molecule has 20 heavy (non-hydrogen) atoms. The summed E-state index contributed by atoms with van der Waals surface area (Å²) in [6.07, 6.45) is 1.95. The third-order valence-electron chi connectivity index (χ3n) is 3.27. The zero-order valence-corrected chi connectivity index (χ0v) is 11.3. The quantitative estimate of drug-likeness (QED) is 0.941. The predicted molar refractivity (Wildman–Crippen MR) is 70.9 cm³/mol. The van der Waals surface area contributed by atoms with E-state index in [0.717, 1.165) is 31.3 Å². The number of amides is 1. The molecule has 104 valence electrons. The standard InChI is InChI=1S/C13H12ClFN4O/c14-8-3-4-9(10(15)6-8)13(20)16-7-12-18-17-11-2-1-5-19(11)12/h3-4,6H,1-2,5,7H2,(H,16,20). The van der Waals surface area contributed by atoms with Gasteiger partial charge in [0.2, 0.25) is 0 Å². The van der Waals surface area contributed by atoms with Crippen LogP contribution in [0.2, 0.25) is 5.02 Å². The zero-order chi connectivity index (χ0) is 14.1. The van der Waals surface area contributed by atoms with Crippen molar-refractivity contribution in [3.05, 3.63) is 46.3 Å². The molecule has 1 aliphatic heterocycles. The average molecular weight is 295 g/mol. The Morgan fingerprint density at radius 1 is 1.45 bits per heavy atom. The van der Waals surface area contributed by atoms with E-state index in [9.17, 15) is 9.18 Å². The highest BCUT2D eigenvalue weighted by Gasteiger charge is 2.18. The van der Waals surface area contributed by atoms with E-state index in [-0.39, 0.29) is 17.1 Å². The number of carbonyl (C=O) groups is 1. The Bertz CT molecular complexity index is 670. The monoisotopic (exact) mass is 294 g/mol. The van der Waals surface area contributed by atoms with Crippen molar-refractivity contribution in [1.29, 1.82) is 0 Å². The fraction of sp³-hybridized carbons (Fsp3) is 0.308. The van der Waals surface area contributed by atoms with E-state index in [1.54, 1.807) is 0 Å². The van der Waals surface area contributed by atoms with Gasteiger partial charge in [-0.05, 0) is 24.6 Å². The summed E-state index contributed by atoms with van der Waals surface area (Å²) in [5.74, 6) is 0.503. The summed E-state index contributed by atoms with van der Waals surface area (Å²) in [6, 6.07) is 3.96. The van der Waals surface area contributed by atoms with Gasteiger partial charge in [0.25, 0.3) is 5.91 Å². The van der Waals surface area contributed by atoms with Crippen LogP contribution >= 0.6 is 11.6 Å². The van der Waals surface area contributed by atoms with Crippen molar-refractivity contribution in [3.8, 4) is 0 Å². The van der Waals surface area contributed by atoms with Gasteiger partial charge in [-0.1, -0.05) is 11.6 Å². The summed E-state index contributed by atoms with van der Waals surface area (Å²) >= 11 is 5.65. The molecule has 0 radical (unpaired) electrons. The molecule has 1 aromatic carbocycles. The van der Waals surface area contributed by atoms with Crippen LogP contribution in [-0.4, -0.2) is 20.7 Å². The van der Waals surface area contributed by atoms with Crippen molar-refractivity contribution in [2.45, 2.75) is 25.9 Å². The maximum absolute atomic E-state index is 13.6. The average Bonchev–Trinajstić information content (AvgIpc) is 2.99. The first-order valence-electron chi connectivity index (χ1n) is 6.29. The van der Waals surface area contributed by atoms with Gasteiger partial charge >= 0.3 is 0 Å². The maximum atomic E-state index is 13.6. The second kappa shape index (κ2) is 5.20. The molecule has 1 aliphatic rings. The summed E-state index contributed by atoms with van der Waals surface area (Å²) in [6.45, 7) is 1.09. The smallest absolute Gasteiger partial charge is 0.254 e. The number of carbonyl (C=O) groups excluding carboxylic acids is 1. The van der Waals surface area contributed by atoms with Gasteiger partial charge in [0, 0.05) is 18.0 Å². The number of fused-ring (bicyclic) bond motifs is 1. The van der Waals surface area contributed by atoms with Crippen molar-refractivity contribution in [3.63, 3.8) is 0 Å². The van der Waals surface area contributed by atoms with Crippen LogP contribution < -0.4 is 5.32 Å². The van der Waals surface area contributed by atoms with Crippen LogP contribution in [0.5, 0.6) is 0 Å². The molecule has 2 heterocycles. The summed E-state index contributed by atoms with van der Waals surface area (Å²) in [5, 5.41) is 11.0. The fourth-order valence-corrected chi connectivity index (χ4v) is 2.43. The maximum Gasteiger partial charge on any atom is 0.254 e. The topological polar surface area (TPSA) is 59.8 Å². The lowest BCUT2D eigenvalue weighted by molar-refractivity contribution is 0.0945. The molecule has 0 saturated carbocycles. The van der Waals surface area contributed by atoms with Crippen LogP contribution in [0.25, 0.3) is 0 Å². The molecule has 0 atom stereocenters. The van der Waals surface area contributed by atoms with E-state index in [0.29, 0.717) is 5.82 Å². The Hall–Kier alpha value is -1.95. The third-order valence-corrected chi connectivity index (χ3v) is 3.50. The molecule has 1 aromatic heterocycles. The largest absolute Gasteiger partial charge is 0.345 e. The molecule has 0 aliphatic carbocycles. The first kappa shape index (κ1) is 13.1. The minimum absolute atomic E-state index is 0.0319. The first-order valence-corrected chi connectivity index (χ1v) is 6.67. The van der Waals surface area contributed by atoms with E-state index in [2.05, 4.69) is 15.5 Å². The number of hydrogen-bond donors (Lipinski definition) is 1. The minimum atomic E-state index is -0.638. The summed E-state index contributed by atoms with van der Waals surface area (Å²) in [7, 11) is 0. The highest BCUT2D eigenvalue weighted by atomic mass is 35.5. The Balaban J connectivity index is 1.70. The molecular formula is C13H12ClFN4O.